The minimum absolute atomic E-state index is 0.234. The lowest BCUT2D eigenvalue weighted by molar-refractivity contribution is 0.0849. The monoisotopic (exact) mass is 243 g/mol. The van der Waals surface area contributed by atoms with Gasteiger partial charge in [-0.25, -0.2) is 9.97 Å². The zero-order valence-electron chi connectivity index (χ0n) is 10.4. The number of nitrogens with zero attached hydrogens (tertiary/aromatic N) is 2. The highest BCUT2D eigenvalue weighted by molar-refractivity contribution is 5.23. The molecule has 0 aliphatic heterocycles. The van der Waals surface area contributed by atoms with Gasteiger partial charge in [-0.15, -0.1) is 0 Å². The Balaban J connectivity index is 2.35. The summed E-state index contributed by atoms with van der Waals surface area (Å²) < 4.78 is 5.75. The van der Waals surface area contributed by atoms with Crippen LogP contribution in [0.1, 0.15) is 30.1 Å². The van der Waals surface area contributed by atoms with E-state index >= 15 is 0 Å². The Kier molecular flexibility index (Phi) is 4.39. The van der Waals surface area contributed by atoms with Crippen molar-refractivity contribution in [3.8, 4) is 0 Å². The summed E-state index contributed by atoms with van der Waals surface area (Å²) in [5, 5.41) is 0. The first-order chi connectivity index (χ1) is 8.85. The maximum absolute atomic E-state index is 5.75. The van der Waals surface area contributed by atoms with E-state index in [0.29, 0.717) is 19.0 Å². The number of rotatable bonds is 5. The normalized spacial score (nSPS) is 12.3. The predicted octanol–water partition coefficient (Wildman–Crippen LogP) is 2.06. The van der Waals surface area contributed by atoms with Gasteiger partial charge >= 0.3 is 0 Å². The average molecular weight is 243 g/mol. The maximum Gasteiger partial charge on any atom is 0.162 e. The maximum atomic E-state index is 5.75. The molecule has 4 heteroatoms. The molecule has 0 fully saturated rings. The van der Waals surface area contributed by atoms with Crippen molar-refractivity contribution in [3.63, 3.8) is 0 Å². The number of hydrogen-bond acceptors (Lipinski definition) is 4. The standard InChI is InChI=1S/C14H17N3O/c1-2-18-13(11-6-4-3-5-7-11)14-16-9-8-12(10-15)17-14/h3-9,13H,2,10,15H2,1H3. The first-order valence-corrected chi connectivity index (χ1v) is 6.03. The Morgan fingerprint density at radius 1 is 1.22 bits per heavy atom. The zero-order valence-corrected chi connectivity index (χ0v) is 10.4. The molecule has 0 saturated heterocycles. The molecule has 0 aliphatic carbocycles. The van der Waals surface area contributed by atoms with Crippen molar-refractivity contribution >= 4 is 0 Å². The van der Waals surface area contributed by atoms with Gasteiger partial charge < -0.3 is 10.5 Å². The van der Waals surface area contributed by atoms with Gasteiger partial charge in [-0.05, 0) is 18.6 Å². The predicted molar refractivity (Wildman–Crippen MR) is 69.8 cm³/mol. The Labute approximate surface area is 107 Å². The molecular weight excluding hydrogens is 226 g/mol. The Morgan fingerprint density at radius 2 is 2.00 bits per heavy atom. The summed E-state index contributed by atoms with van der Waals surface area (Å²) in [5.41, 5.74) is 7.47. The summed E-state index contributed by atoms with van der Waals surface area (Å²) in [4.78, 5) is 8.72. The molecule has 2 aromatic rings. The Hall–Kier alpha value is -1.78. The molecule has 94 valence electrons. The molecule has 1 unspecified atom stereocenters. The van der Waals surface area contributed by atoms with Crippen LogP contribution in [0.15, 0.2) is 42.6 Å². The van der Waals surface area contributed by atoms with Crippen LogP contribution >= 0.6 is 0 Å². The van der Waals surface area contributed by atoms with E-state index in [9.17, 15) is 0 Å². The SMILES string of the molecule is CCOC(c1ccccc1)c1nccc(CN)n1. The Bertz CT molecular complexity index is 487. The van der Waals surface area contributed by atoms with Gasteiger partial charge in [0.2, 0.25) is 0 Å². The smallest absolute Gasteiger partial charge is 0.162 e. The van der Waals surface area contributed by atoms with Crippen molar-refractivity contribution in [2.24, 2.45) is 5.73 Å². The second kappa shape index (κ2) is 6.23. The largest absolute Gasteiger partial charge is 0.366 e. The highest BCUT2D eigenvalue weighted by Gasteiger charge is 2.17. The van der Waals surface area contributed by atoms with Gasteiger partial charge in [0, 0.05) is 19.3 Å². The van der Waals surface area contributed by atoms with Crippen molar-refractivity contribution in [2.45, 2.75) is 19.6 Å². The third kappa shape index (κ3) is 2.91. The van der Waals surface area contributed by atoms with Crippen molar-refractivity contribution < 1.29 is 4.74 Å². The van der Waals surface area contributed by atoms with E-state index in [-0.39, 0.29) is 6.10 Å². The van der Waals surface area contributed by atoms with Crippen LogP contribution in [0.3, 0.4) is 0 Å². The van der Waals surface area contributed by atoms with Crippen LogP contribution in [0.25, 0.3) is 0 Å². The highest BCUT2D eigenvalue weighted by atomic mass is 16.5. The van der Waals surface area contributed by atoms with Crippen LogP contribution in [-0.2, 0) is 11.3 Å². The summed E-state index contributed by atoms with van der Waals surface area (Å²) in [6, 6.07) is 11.8. The number of nitrogens with two attached hydrogens (primary N) is 1. The fourth-order valence-electron chi connectivity index (χ4n) is 1.77. The lowest BCUT2D eigenvalue weighted by Crippen LogP contribution is -2.12. The molecule has 1 aromatic carbocycles. The second-order valence-corrected chi connectivity index (χ2v) is 3.86. The lowest BCUT2D eigenvalue weighted by atomic mass is 10.1. The van der Waals surface area contributed by atoms with Crippen LogP contribution in [-0.4, -0.2) is 16.6 Å². The summed E-state index contributed by atoms with van der Waals surface area (Å²) >= 11 is 0. The van der Waals surface area contributed by atoms with Crippen molar-refractivity contribution in [1.29, 1.82) is 0 Å². The van der Waals surface area contributed by atoms with Crippen LogP contribution in [0.2, 0.25) is 0 Å². The van der Waals surface area contributed by atoms with E-state index in [1.807, 2.05) is 43.3 Å². The van der Waals surface area contributed by atoms with E-state index in [1.54, 1.807) is 6.20 Å². The molecule has 1 heterocycles. The molecule has 0 spiro atoms. The minimum Gasteiger partial charge on any atom is -0.366 e. The van der Waals surface area contributed by atoms with Crippen LogP contribution in [0.5, 0.6) is 0 Å². The summed E-state index contributed by atoms with van der Waals surface area (Å²) in [5.74, 6) is 0.658. The molecule has 2 rings (SSSR count). The van der Waals surface area contributed by atoms with E-state index in [0.717, 1.165) is 11.3 Å². The third-order valence-corrected chi connectivity index (χ3v) is 2.61. The lowest BCUT2D eigenvalue weighted by Gasteiger charge is -2.16. The van der Waals surface area contributed by atoms with Gasteiger partial charge in [-0.2, -0.15) is 0 Å². The highest BCUT2D eigenvalue weighted by Crippen LogP contribution is 2.22. The topological polar surface area (TPSA) is 61.0 Å². The number of hydrogen-bond donors (Lipinski definition) is 1. The zero-order chi connectivity index (χ0) is 12.8. The minimum atomic E-state index is -0.234. The summed E-state index contributed by atoms with van der Waals surface area (Å²) in [7, 11) is 0. The van der Waals surface area contributed by atoms with Crippen molar-refractivity contribution in [1.82, 2.24) is 9.97 Å². The molecule has 0 bridgehead atoms. The quantitative estimate of drug-likeness (QED) is 0.873. The number of aromatic nitrogens is 2. The molecule has 4 nitrogen and oxygen atoms in total. The van der Waals surface area contributed by atoms with Crippen molar-refractivity contribution in [2.75, 3.05) is 6.61 Å². The van der Waals surface area contributed by atoms with Crippen LogP contribution in [0.4, 0.5) is 0 Å². The summed E-state index contributed by atoms with van der Waals surface area (Å²) in [6.45, 7) is 2.97. The molecule has 1 aromatic heterocycles. The van der Waals surface area contributed by atoms with Gasteiger partial charge in [-0.3, -0.25) is 0 Å². The Morgan fingerprint density at radius 3 is 2.67 bits per heavy atom. The average Bonchev–Trinajstić information content (AvgIpc) is 2.46. The molecule has 1 atom stereocenters. The van der Waals surface area contributed by atoms with E-state index < -0.39 is 0 Å². The third-order valence-electron chi connectivity index (χ3n) is 2.61. The molecule has 0 saturated carbocycles. The van der Waals surface area contributed by atoms with Gasteiger partial charge in [0.25, 0.3) is 0 Å². The van der Waals surface area contributed by atoms with Gasteiger partial charge in [0.05, 0.1) is 5.69 Å². The number of ether oxygens (including phenoxy) is 1. The van der Waals surface area contributed by atoms with Gasteiger partial charge in [0.15, 0.2) is 5.82 Å². The van der Waals surface area contributed by atoms with E-state index in [2.05, 4.69) is 9.97 Å². The fraction of sp³-hybridized carbons (Fsp3) is 0.286. The molecule has 0 aliphatic rings. The van der Waals surface area contributed by atoms with Crippen LogP contribution in [0, 0.1) is 0 Å². The van der Waals surface area contributed by atoms with Gasteiger partial charge in [0.1, 0.15) is 6.10 Å². The fourth-order valence-corrected chi connectivity index (χ4v) is 1.77. The second-order valence-electron chi connectivity index (χ2n) is 3.86. The van der Waals surface area contributed by atoms with Crippen molar-refractivity contribution in [3.05, 3.63) is 59.7 Å². The summed E-state index contributed by atoms with van der Waals surface area (Å²) in [6.07, 6.45) is 1.49. The van der Waals surface area contributed by atoms with Crippen LogP contribution < -0.4 is 5.73 Å². The number of benzene rings is 1. The molecular formula is C14H17N3O. The first-order valence-electron chi connectivity index (χ1n) is 6.03. The molecule has 0 amide bonds. The van der Waals surface area contributed by atoms with E-state index in [1.165, 1.54) is 0 Å². The van der Waals surface area contributed by atoms with Gasteiger partial charge in [-0.1, -0.05) is 30.3 Å². The molecule has 0 radical (unpaired) electrons. The molecule has 18 heavy (non-hydrogen) atoms. The molecule has 2 N–H and O–H groups in total. The first kappa shape index (κ1) is 12.7. The van der Waals surface area contributed by atoms with E-state index in [4.69, 9.17) is 10.5 Å².